The van der Waals surface area contributed by atoms with E-state index in [4.69, 9.17) is 60.0 Å². The third-order valence-corrected chi connectivity index (χ3v) is 24.1. The molecule has 0 bridgehead atoms. The average molecular weight is 1740 g/mol. The maximum absolute atomic E-state index is 15.1. The molecule has 9 rings (SSSR count). The number of benzene rings is 7. The smallest absolute Gasteiger partial charge is 0.411 e. The first kappa shape index (κ1) is 95.1. The van der Waals surface area contributed by atoms with Crippen LogP contribution in [-0.2, 0) is 88.1 Å². The predicted octanol–water partition coefficient (Wildman–Crippen LogP) is 8.89. The van der Waals surface area contributed by atoms with Crippen LogP contribution in [0.1, 0.15) is 94.0 Å². The minimum atomic E-state index is -4.26. The van der Waals surface area contributed by atoms with E-state index < -0.39 is 115 Å². The number of nitrogens with one attached hydrogen (secondary N) is 6. The molecule has 2 heterocycles. The van der Waals surface area contributed by atoms with E-state index in [1.807, 2.05) is 36.4 Å². The van der Waals surface area contributed by atoms with Gasteiger partial charge in [0.05, 0.1) is 138 Å². The molecule has 0 spiro atoms. The fraction of sp³-hybridized carbons (Fsp3) is 0.420. The minimum absolute atomic E-state index is 0.00927. The van der Waals surface area contributed by atoms with Crippen LogP contribution in [0.4, 0.5) is 26.7 Å². The number of nitrogens with zero attached hydrogens (tertiary/aromatic N) is 2. The van der Waals surface area contributed by atoms with E-state index in [9.17, 15) is 55.2 Å². The van der Waals surface area contributed by atoms with Crippen molar-refractivity contribution in [1.82, 2.24) is 26.2 Å². The molecule has 9 amide bonds. The Morgan fingerprint density at radius 2 is 1.11 bits per heavy atom. The van der Waals surface area contributed by atoms with E-state index in [1.165, 1.54) is 59.5 Å². The van der Waals surface area contributed by atoms with E-state index >= 15 is 4.79 Å². The van der Waals surface area contributed by atoms with Gasteiger partial charge < -0.3 is 84.7 Å². The van der Waals surface area contributed by atoms with Crippen molar-refractivity contribution in [1.29, 1.82) is 0 Å². The minimum Gasteiger partial charge on any atom is -0.497 e. The van der Waals surface area contributed by atoms with Gasteiger partial charge in [0.15, 0.2) is 25.5 Å². The highest BCUT2D eigenvalue weighted by Crippen LogP contribution is 2.45. The lowest BCUT2D eigenvalue weighted by atomic mass is 9.95. The summed E-state index contributed by atoms with van der Waals surface area (Å²) in [5.74, 6) is -8.08. The molecule has 0 aliphatic carbocycles. The molecule has 7 aromatic rings. The summed E-state index contributed by atoms with van der Waals surface area (Å²) in [6.45, 7) is 10.2. The number of ether oxygens (including phenoxy) is 9. The fourth-order valence-corrected chi connectivity index (χ4v) is 16.9. The molecule has 2 aliphatic heterocycles. The van der Waals surface area contributed by atoms with Crippen LogP contribution in [0.25, 0.3) is 16.8 Å². The van der Waals surface area contributed by atoms with Crippen molar-refractivity contribution >= 4 is 119 Å². The number of rotatable bonds is 31. The Morgan fingerprint density at radius 3 is 1.63 bits per heavy atom. The number of nitrogens with two attached hydrogens (primary N) is 1. The van der Waals surface area contributed by atoms with Gasteiger partial charge in [-0.2, -0.15) is 0 Å². The molecule has 656 valence electrons. The molecule has 4 atom stereocenters. The Kier molecular flexibility index (Phi) is 37.6. The van der Waals surface area contributed by atoms with E-state index in [-0.39, 0.29) is 143 Å². The number of Topliss-reactive ketones (excluding diaryl/α,β-unsaturated/α-hetero) is 1. The van der Waals surface area contributed by atoms with E-state index in [0.29, 0.717) is 74.3 Å². The van der Waals surface area contributed by atoms with Crippen LogP contribution in [0.15, 0.2) is 168 Å². The molecular formula is C88H108ClN9O22S2. The number of hydrogen-bond donors (Lipinski definition) is 7. The second kappa shape index (κ2) is 48.2. The molecule has 1 saturated heterocycles. The van der Waals surface area contributed by atoms with Gasteiger partial charge in [0.1, 0.15) is 30.5 Å². The Hall–Kier alpha value is -10.7. The molecule has 1 unspecified atom stereocenters. The number of halogens is 1. The number of amides is 9. The van der Waals surface area contributed by atoms with Crippen molar-refractivity contribution in [2.75, 3.05) is 159 Å². The van der Waals surface area contributed by atoms with Gasteiger partial charge in [-0.15, -0.1) is 11.6 Å². The third-order valence-electron chi connectivity index (χ3n) is 20.1. The standard InChI is InChI=1S/C88H108ClN9O22S2/c1-59(2)81(85(104)93-74(11-8-36-91-87(90)106)84(103)92-68-25-16-63(17-26-68)56-120-88(107)95-76-53-77-80(73-10-7-6-9-72(73)76)66(54-89)55-98(77)79(100)35-20-62-18-27-69(112-5)28-19-62)96-78(99)34-33-75(86(105)97-37-39-113-41-43-115-45-47-117-49-51-119-52-50-118-48-46-116-44-42-114-40-38-97)94-83(102)65-23-21-64(22-24-65)82(101)67(57-121(108,109)70-29-12-60(3)13-30-70)58-122(110,111)71-31-14-61(4)15-32-71/h6-7,9-10,12-32,35,53,59,66-67,74-75,81H,8,11,33-34,36-52,54-58H2,1-5H3,(H,92,103)(H,93,104)(H,94,102)(H,95,107)(H,96,99)(H3,90,91,106)/b35-20-/t66?,74-,75-,81-/m1/s1. The van der Waals surface area contributed by atoms with E-state index in [0.717, 1.165) is 27.6 Å². The van der Waals surface area contributed by atoms with Gasteiger partial charge >= 0.3 is 12.1 Å². The second-order valence-corrected chi connectivity index (χ2v) is 33.9. The Labute approximate surface area is 715 Å². The number of aryl methyl sites for hydroxylation is 2. The number of urea groups is 1. The molecular weight excluding hydrogens is 1630 g/mol. The second-order valence-electron chi connectivity index (χ2n) is 29.5. The van der Waals surface area contributed by atoms with Crippen molar-refractivity contribution < 1.29 is 103 Å². The first-order chi connectivity index (χ1) is 58.7. The number of alkyl halides is 1. The monoisotopic (exact) mass is 1740 g/mol. The molecule has 34 heteroatoms. The number of methoxy groups -OCH3 is 1. The van der Waals surface area contributed by atoms with Crippen LogP contribution >= 0.6 is 11.6 Å². The highest BCUT2D eigenvalue weighted by molar-refractivity contribution is 7.92. The lowest BCUT2D eigenvalue weighted by Gasteiger charge is -2.28. The molecule has 8 N–H and O–H groups in total. The largest absolute Gasteiger partial charge is 0.497 e. The quantitative estimate of drug-likeness (QED) is 0.00922. The number of carbonyl (C=O) groups is 9. The number of sulfone groups is 2. The number of anilines is 3. The third kappa shape index (κ3) is 29.5. The van der Waals surface area contributed by atoms with Gasteiger partial charge in [-0.1, -0.05) is 110 Å². The Bertz CT molecular complexity index is 4830. The predicted molar refractivity (Wildman–Crippen MR) is 460 cm³/mol. The summed E-state index contributed by atoms with van der Waals surface area (Å²) in [6.07, 6.45) is 1.68. The maximum atomic E-state index is 15.1. The lowest BCUT2D eigenvalue weighted by molar-refractivity contribution is -0.136. The Morgan fingerprint density at radius 1 is 0.590 bits per heavy atom. The summed E-state index contributed by atoms with van der Waals surface area (Å²) in [7, 11) is -6.95. The molecule has 1 fully saturated rings. The summed E-state index contributed by atoms with van der Waals surface area (Å²) in [5.41, 5.74) is 10.2. The van der Waals surface area contributed by atoms with E-state index in [2.05, 4.69) is 31.9 Å². The van der Waals surface area contributed by atoms with E-state index in [1.54, 1.807) is 113 Å². The zero-order valence-corrected chi connectivity index (χ0v) is 71.5. The number of primary amides is 1. The van der Waals surface area contributed by atoms with Gasteiger partial charge in [-0.3, -0.25) is 38.9 Å². The van der Waals surface area contributed by atoms with Gasteiger partial charge in [-0.05, 0) is 134 Å². The van der Waals surface area contributed by atoms with Crippen molar-refractivity contribution in [2.45, 2.75) is 93.8 Å². The van der Waals surface area contributed by atoms with Gasteiger partial charge in [0, 0.05) is 72.7 Å². The van der Waals surface area contributed by atoms with Gasteiger partial charge in [0.2, 0.25) is 23.6 Å². The van der Waals surface area contributed by atoms with Gasteiger partial charge in [0.25, 0.3) is 11.8 Å². The van der Waals surface area contributed by atoms with Crippen molar-refractivity contribution in [2.24, 2.45) is 17.6 Å². The molecule has 2 aliphatic rings. The number of ketones is 1. The summed E-state index contributed by atoms with van der Waals surface area (Å²) >= 11 is 6.53. The van der Waals surface area contributed by atoms with Crippen LogP contribution in [0.5, 0.6) is 5.75 Å². The number of hydrogen-bond acceptors (Lipinski definition) is 22. The fourth-order valence-electron chi connectivity index (χ4n) is 13.4. The summed E-state index contributed by atoms with van der Waals surface area (Å²) in [6, 6.07) is 34.8. The topological polar surface area (TPSA) is 410 Å². The zero-order chi connectivity index (χ0) is 87.6. The van der Waals surface area contributed by atoms with Gasteiger partial charge in [-0.25, -0.2) is 26.4 Å². The van der Waals surface area contributed by atoms with Crippen molar-refractivity contribution in [3.63, 3.8) is 0 Å². The zero-order valence-electron chi connectivity index (χ0n) is 69.1. The first-order valence-electron chi connectivity index (χ1n) is 40.3. The lowest BCUT2D eigenvalue weighted by Crippen LogP contribution is -2.55. The molecule has 0 saturated carbocycles. The Balaban J connectivity index is 0.879. The normalized spacial score (nSPS) is 16.0. The van der Waals surface area contributed by atoms with Crippen LogP contribution in [0.2, 0.25) is 0 Å². The molecule has 122 heavy (non-hydrogen) atoms. The molecule has 0 radical (unpaired) electrons. The van der Waals surface area contributed by atoms with Crippen LogP contribution in [-0.4, -0.2) is 236 Å². The molecule has 0 aromatic heterocycles. The number of fused-ring (bicyclic) bond motifs is 3. The average Bonchev–Trinajstić information content (AvgIpc) is 1.58. The highest BCUT2D eigenvalue weighted by atomic mass is 35.5. The van der Waals surface area contributed by atoms with Crippen LogP contribution in [0, 0.1) is 25.7 Å². The molecule has 31 nitrogen and oxygen atoms in total. The number of carbonyl (C=O) groups excluding carboxylic acids is 9. The SMILES string of the molecule is COc1ccc(/C=C\C(=O)N2CC(CCl)c3c2cc(NC(=O)OCc2ccc(NC(=O)[C@@H](CCCNC(N)=O)NC(=O)[C@H](NC(=O)CC[C@@H](NC(=O)c4ccc(C(=O)C(CS(=O)(=O)c5ccc(C)cc5)CS(=O)(=O)c5ccc(C)cc5)cc4)C(=O)N4CCOCCOCCOCCOCCOCCOCCOCC4)C(C)C)cc2)c2ccccc32)cc1. The van der Waals surface area contributed by atoms with Crippen LogP contribution < -0.4 is 47.3 Å². The summed E-state index contributed by atoms with van der Waals surface area (Å²) in [4.78, 5) is 130. The highest BCUT2D eigenvalue weighted by Gasteiger charge is 2.37. The maximum Gasteiger partial charge on any atom is 0.411 e. The first-order valence-corrected chi connectivity index (χ1v) is 44.1. The van der Waals surface area contributed by atoms with Crippen molar-refractivity contribution in [3.05, 3.63) is 197 Å². The summed E-state index contributed by atoms with van der Waals surface area (Å²) in [5, 5.41) is 17.9. The molecule has 7 aromatic carbocycles. The summed E-state index contributed by atoms with van der Waals surface area (Å²) < 4.78 is 107. The van der Waals surface area contributed by atoms with Crippen molar-refractivity contribution in [3.8, 4) is 5.75 Å². The van der Waals surface area contributed by atoms with Crippen LogP contribution in [0.3, 0.4) is 0 Å².